The van der Waals surface area contributed by atoms with Crippen LogP contribution in [0.1, 0.15) is 20.8 Å². The van der Waals surface area contributed by atoms with Crippen LogP contribution in [-0.4, -0.2) is 69.0 Å². The number of hydrogen-bond acceptors (Lipinski definition) is 10. The summed E-state index contributed by atoms with van der Waals surface area (Å²) in [6, 6.07) is 7.77. The van der Waals surface area contributed by atoms with Gasteiger partial charge in [0.15, 0.2) is 10.2 Å². The van der Waals surface area contributed by atoms with Gasteiger partial charge >= 0.3 is 6.09 Å². The minimum atomic E-state index is -0.624. The molecule has 11 heteroatoms. The number of hydrogen-bond donors (Lipinski definition) is 0. The lowest BCUT2D eigenvalue weighted by atomic mass is 10.1. The Kier molecular flexibility index (Phi) is 6.47. The Morgan fingerprint density at radius 1 is 1.17 bits per heavy atom. The maximum Gasteiger partial charge on any atom is 0.419 e. The van der Waals surface area contributed by atoms with E-state index < -0.39 is 11.7 Å². The number of thioether (sulfide) groups is 1. The number of aromatic nitrogens is 5. The van der Waals surface area contributed by atoms with E-state index in [2.05, 4.69) is 20.1 Å². The molecule has 35 heavy (non-hydrogen) atoms. The molecule has 1 aromatic carbocycles. The third-order valence-electron chi connectivity index (χ3n) is 5.44. The van der Waals surface area contributed by atoms with E-state index >= 15 is 0 Å². The van der Waals surface area contributed by atoms with Crippen molar-refractivity contribution >= 4 is 45.9 Å². The van der Waals surface area contributed by atoms with E-state index in [4.69, 9.17) is 14.5 Å². The highest BCUT2D eigenvalue weighted by molar-refractivity contribution is 8.00. The van der Waals surface area contributed by atoms with Crippen molar-refractivity contribution in [2.75, 3.05) is 37.5 Å². The molecule has 0 N–H and O–H groups in total. The standard InChI is InChI=1S/C24H26N6O3S2/c1-24(2,3)33-23(31)30-14-17(20-25-8-7-19(26-20)29-9-11-32-12-10-29)16-13-15(5-6-18(16)30)21-27-28-22(34-4)35-21/h5-8,13-14H,9-12H2,1-4H3. The fraction of sp³-hybridized carbons (Fsp3) is 0.375. The average Bonchev–Trinajstić information content (AvgIpc) is 3.48. The van der Waals surface area contributed by atoms with Crippen molar-refractivity contribution < 1.29 is 14.3 Å². The smallest absolute Gasteiger partial charge is 0.419 e. The van der Waals surface area contributed by atoms with Crippen LogP contribution in [0.25, 0.3) is 32.9 Å². The lowest BCUT2D eigenvalue weighted by molar-refractivity contribution is 0.0544. The van der Waals surface area contributed by atoms with Crippen LogP contribution >= 0.6 is 23.1 Å². The van der Waals surface area contributed by atoms with Crippen molar-refractivity contribution in [3.63, 3.8) is 0 Å². The topological polar surface area (TPSA) is 95.3 Å². The van der Waals surface area contributed by atoms with Crippen LogP contribution in [0.4, 0.5) is 10.6 Å². The molecule has 4 heterocycles. The number of morpholine rings is 1. The van der Waals surface area contributed by atoms with Crippen LogP contribution in [0.2, 0.25) is 0 Å². The van der Waals surface area contributed by atoms with E-state index in [0.29, 0.717) is 24.6 Å². The average molecular weight is 511 g/mol. The predicted octanol–water partition coefficient (Wildman–Crippen LogP) is 4.96. The largest absolute Gasteiger partial charge is 0.443 e. The minimum absolute atomic E-state index is 0.452. The van der Waals surface area contributed by atoms with Gasteiger partial charge in [-0.25, -0.2) is 14.8 Å². The van der Waals surface area contributed by atoms with Crippen molar-refractivity contribution in [1.82, 2.24) is 24.7 Å². The lowest BCUT2D eigenvalue weighted by Crippen LogP contribution is -2.36. The Hall–Kier alpha value is -3.02. The summed E-state index contributed by atoms with van der Waals surface area (Å²) in [6.45, 7) is 8.43. The van der Waals surface area contributed by atoms with E-state index in [9.17, 15) is 4.79 Å². The van der Waals surface area contributed by atoms with Gasteiger partial charge in [-0.2, -0.15) is 0 Å². The molecule has 0 spiro atoms. The summed E-state index contributed by atoms with van der Waals surface area (Å²) in [4.78, 5) is 24.7. The quantitative estimate of drug-likeness (QED) is 0.353. The van der Waals surface area contributed by atoms with Crippen LogP contribution in [-0.2, 0) is 9.47 Å². The number of anilines is 1. The van der Waals surface area contributed by atoms with Crippen molar-refractivity contribution in [1.29, 1.82) is 0 Å². The molecule has 0 aliphatic carbocycles. The highest BCUT2D eigenvalue weighted by atomic mass is 32.2. The Balaban J connectivity index is 1.63. The molecule has 1 aliphatic rings. The second kappa shape index (κ2) is 9.56. The molecule has 0 bridgehead atoms. The number of nitrogens with zero attached hydrogens (tertiary/aromatic N) is 6. The molecule has 1 fully saturated rings. The van der Waals surface area contributed by atoms with Crippen molar-refractivity contribution in [2.45, 2.75) is 30.7 Å². The highest BCUT2D eigenvalue weighted by Crippen LogP contribution is 2.35. The summed E-state index contributed by atoms with van der Waals surface area (Å²) in [5, 5.41) is 10.2. The molecule has 9 nitrogen and oxygen atoms in total. The third-order valence-corrected chi connectivity index (χ3v) is 7.39. The normalized spacial score (nSPS) is 14.5. The Bertz CT molecular complexity index is 1370. The maximum atomic E-state index is 13.1. The fourth-order valence-corrected chi connectivity index (χ4v) is 5.13. The highest BCUT2D eigenvalue weighted by Gasteiger charge is 2.23. The van der Waals surface area contributed by atoms with E-state index in [1.807, 2.05) is 51.3 Å². The van der Waals surface area contributed by atoms with Gasteiger partial charge in [-0.15, -0.1) is 10.2 Å². The predicted molar refractivity (Wildman–Crippen MR) is 138 cm³/mol. The zero-order valence-corrected chi connectivity index (χ0v) is 21.7. The molecule has 5 rings (SSSR count). The lowest BCUT2D eigenvalue weighted by Gasteiger charge is -2.27. The van der Waals surface area contributed by atoms with Gasteiger partial charge in [0, 0.05) is 42.0 Å². The van der Waals surface area contributed by atoms with E-state index in [0.717, 1.165) is 44.8 Å². The van der Waals surface area contributed by atoms with E-state index in [-0.39, 0.29) is 0 Å². The molecule has 182 valence electrons. The fourth-order valence-electron chi connectivity index (χ4n) is 3.86. The van der Waals surface area contributed by atoms with Gasteiger partial charge in [-0.05, 0) is 51.3 Å². The first-order valence-corrected chi connectivity index (χ1v) is 13.3. The maximum absolute atomic E-state index is 13.1. The molecule has 3 aromatic heterocycles. The van der Waals surface area contributed by atoms with Gasteiger partial charge < -0.3 is 14.4 Å². The summed E-state index contributed by atoms with van der Waals surface area (Å²) >= 11 is 3.09. The Labute approximate surface area is 211 Å². The SMILES string of the molecule is CSc1nnc(-c2ccc3c(c2)c(-c2nccc(N4CCOCC4)n2)cn3C(=O)OC(C)(C)C)s1. The first kappa shape index (κ1) is 23.7. The third kappa shape index (κ3) is 5.02. The molecule has 0 amide bonds. The first-order valence-electron chi connectivity index (χ1n) is 11.2. The zero-order valence-electron chi connectivity index (χ0n) is 20.0. The summed E-state index contributed by atoms with van der Waals surface area (Å²) in [5.74, 6) is 1.38. The molecule has 0 atom stereocenters. The van der Waals surface area contributed by atoms with Gasteiger partial charge in [0.25, 0.3) is 0 Å². The number of rotatable bonds is 4. The second-order valence-corrected chi connectivity index (χ2v) is 11.1. The van der Waals surface area contributed by atoms with Gasteiger partial charge in [-0.1, -0.05) is 23.1 Å². The number of carbonyl (C=O) groups is 1. The van der Waals surface area contributed by atoms with Gasteiger partial charge in [-0.3, -0.25) is 4.57 Å². The van der Waals surface area contributed by atoms with Crippen LogP contribution in [0, 0.1) is 0 Å². The Morgan fingerprint density at radius 3 is 2.69 bits per heavy atom. The minimum Gasteiger partial charge on any atom is -0.443 e. The molecular weight excluding hydrogens is 484 g/mol. The molecule has 1 saturated heterocycles. The zero-order chi connectivity index (χ0) is 24.6. The monoisotopic (exact) mass is 510 g/mol. The molecule has 0 saturated carbocycles. The molecule has 1 aliphatic heterocycles. The van der Waals surface area contributed by atoms with Gasteiger partial charge in [0.2, 0.25) is 0 Å². The van der Waals surface area contributed by atoms with Crippen molar-refractivity contribution in [3.8, 4) is 22.0 Å². The summed E-state index contributed by atoms with van der Waals surface area (Å²) in [5.41, 5.74) is 1.76. The van der Waals surface area contributed by atoms with Crippen molar-refractivity contribution in [2.24, 2.45) is 0 Å². The van der Waals surface area contributed by atoms with Crippen LogP contribution in [0.15, 0.2) is 41.0 Å². The number of ether oxygens (including phenoxy) is 2. The first-order chi connectivity index (χ1) is 16.8. The molecular formula is C24H26N6O3S2. The summed E-state index contributed by atoms with van der Waals surface area (Å²) < 4.78 is 13.6. The second-order valence-electron chi connectivity index (χ2n) is 9.04. The van der Waals surface area contributed by atoms with Gasteiger partial charge in [0.1, 0.15) is 16.4 Å². The van der Waals surface area contributed by atoms with E-state index in [1.54, 1.807) is 24.2 Å². The number of carbonyl (C=O) groups excluding carboxylic acids is 1. The molecule has 0 radical (unpaired) electrons. The number of benzene rings is 1. The molecule has 4 aromatic rings. The van der Waals surface area contributed by atoms with Crippen LogP contribution in [0.3, 0.4) is 0 Å². The van der Waals surface area contributed by atoms with Crippen LogP contribution in [0.5, 0.6) is 0 Å². The van der Waals surface area contributed by atoms with Crippen LogP contribution < -0.4 is 4.90 Å². The van der Waals surface area contributed by atoms with E-state index in [1.165, 1.54) is 15.9 Å². The van der Waals surface area contributed by atoms with Gasteiger partial charge in [0.05, 0.1) is 18.7 Å². The summed E-state index contributed by atoms with van der Waals surface area (Å²) in [6.07, 6.45) is 5.04. The summed E-state index contributed by atoms with van der Waals surface area (Å²) in [7, 11) is 0. The Morgan fingerprint density at radius 2 is 1.97 bits per heavy atom. The molecule has 0 unspecified atom stereocenters. The van der Waals surface area contributed by atoms with Crippen molar-refractivity contribution in [3.05, 3.63) is 36.7 Å². The number of fused-ring (bicyclic) bond motifs is 1.